The number of hydrogen-bond acceptors (Lipinski definition) is 3. The Morgan fingerprint density at radius 1 is 1.33 bits per heavy atom. The minimum Gasteiger partial charge on any atom is -0.492 e. The quantitative estimate of drug-likeness (QED) is 0.918. The molecule has 1 N–H and O–H groups in total. The number of nitrogens with one attached hydrogen (secondary N) is 1. The molecule has 2 heterocycles. The van der Waals surface area contributed by atoms with Gasteiger partial charge in [0.2, 0.25) is 0 Å². The van der Waals surface area contributed by atoms with Gasteiger partial charge in [-0.2, -0.15) is 5.10 Å². The van der Waals surface area contributed by atoms with E-state index in [1.165, 1.54) is 30.6 Å². The Morgan fingerprint density at radius 2 is 2.19 bits per heavy atom. The van der Waals surface area contributed by atoms with Gasteiger partial charge >= 0.3 is 0 Å². The molecule has 112 valence electrons. The molecule has 0 saturated carbocycles. The van der Waals surface area contributed by atoms with E-state index in [-0.39, 0.29) is 0 Å². The lowest BCUT2D eigenvalue weighted by molar-refractivity contribution is 0.169. The van der Waals surface area contributed by atoms with Crippen LogP contribution < -0.4 is 4.74 Å². The van der Waals surface area contributed by atoms with Gasteiger partial charge in [-0.3, -0.25) is 10.00 Å². The first-order valence-corrected chi connectivity index (χ1v) is 7.73. The van der Waals surface area contributed by atoms with E-state index in [1.807, 2.05) is 36.5 Å². The van der Waals surface area contributed by atoms with Crippen molar-refractivity contribution in [3.63, 3.8) is 0 Å². The van der Waals surface area contributed by atoms with Crippen LogP contribution in [0.25, 0.3) is 0 Å². The highest BCUT2D eigenvalue weighted by Gasteiger charge is 2.23. The Hall–Kier alpha value is -1.81. The number of ether oxygens (including phenoxy) is 1. The first kappa shape index (κ1) is 14.1. The molecule has 4 heteroatoms. The molecule has 1 aliphatic rings. The van der Waals surface area contributed by atoms with Crippen LogP contribution >= 0.6 is 0 Å². The molecule has 0 radical (unpaired) electrons. The summed E-state index contributed by atoms with van der Waals surface area (Å²) in [5, 5.41) is 7.33. The first-order valence-electron chi connectivity index (χ1n) is 7.73. The van der Waals surface area contributed by atoms with Crippen molar-refractivity contribution in [3.05, 3.63) is 47.8 Å². The summed E-state index contributed by atoms with van der Waals surface area (Å²) < 4.78 is 5.80. The van der Waals surface area contributed by atoms with Crippen LogP contribution in [-0.2, 0) is 0 Å². The number of hydrogen-bond donors (Lipinski definition) is 1. The molecule has 1 atom stereocenters. The van der Waals surface area contributed by atoms with Crippen LogP contribution in [0.3, 0.4) is 0 Å². The number of para-hydroxylation sites is 1. The lowest BCUT2D eigenvalue weighted by Crippen LogP contribution is -2.37. The normalized spacial score (nSPS) is 19.6. The summed E-state index contributed by atoms with van der Waals surface area (Å²) in [5.74, 6) is 1.54. The molecule has 0 amide bonds. The van der Waals surface area contributed by atoms with Crippen LogP contribution in [-0.4, -0.2) is 41.3 Å². The standard InChI is InChI=1S/C17H23N3O/c1-14-12-18-19-17(14)15-6-5-9-20(13-15)10-11-21-16-7-3-2-4-8-16/h2-4,7-8,12,15H,5-6,9-11,13H2,1H3,(H,18,19)/t15-/m1/s1. The summed E-state index contributed by atoms with van der Waals surface area (Å²) in [6.45, 7) is 6.14. The molecular weight excluding hydrogens is 262 g/mol. The summed E-state index contributed by atoms with van der Waals surface area (Å²) in [6.07, 6.45) is 4.42. The van der Waals surface area contributed by atoms with Gasteiger partial charge in [-0.1, -0.05) is 18.2 Å². The van der Waals surface area contributed by atoms with Crippen molar-refractivity contribution in [1.29, 1.82) is 0 Å². The van der Waals surface area contributed by atoms with Gasteiger partial charge in [0.15, 0.2) is 0 Å². The fraction of sp³-hybridized carbons (Fsp3) is 0.471. The van der Waals surface area contributed by atoms with Crippen molar-refractivity contribution in [2.24, 2.45) is 0 Å². The Kier molecular flexibility index (Phi) is 4.55. The van der Waals surface area contributed by atoms with Crippen molar-refractivity contribution >= 4 is 0 Å². The fourth-order valence-corrected chi connectivity index (χ4v) is 3.07. The number of aromatic nitrogens is 2. The van der Waals surface area contributed by atoms with E-state index in [2.05, 4.69) is 22.0 Å². The van der Waals surface area contributed by atoms with Gasteiger partial charge in [0.05, 0.1) is 6.20 Å². The second-order valence-electron chi connectivity index (χ2n) is 5.77. The highest BCUT2D eigenvalue weighted by Crippen LogP contribution is 2.27. The summed E-state index contributed by atoms with van der Waals surface area (Å²) in [5.41, 5.74) is 2.59. The van der Waals surface area contributed by atoms with Gasteiger partial charge in [-0.15, -0.1) is 0 Å². The molecular formula is C17H23N3O. The molecule has 0 bridgehead atoms. The highest BCUT2D eigenvalue weighted by atomic mass is 16.5. The maximum Gasteiger partial charge on any atom is 0.119 e. The SMILES string of the molecule is Cc1cn[nH]c1[C@@H]1CCCN(CCOc2ccccc2)C1. The van der Waals surface area contributed by atoms with Crippen molar-refractivity contribution in [2.45, 2.75) is 25.7 Å². The predicted molar refractivity (Wildman–Crippen MR) is 83.7 cm³/mol. The summed E-state index contributed by atoms with van der Waals surface area (Å²) in [6, 6.07) is 10.0. The Labute approximate surface area is 126 Å². The van der Waals surface area contributed by atoms with Crippen molar-refractivity contribution in [2.75, 3.05) is 26.2 Å². The third-order valence-corrected chi connectivity index (χ3v) is 4.20. The van der Waals surface area contributed by atoms with Crippen LogP contribution in [0.2, 0.25) is 0 Å². The van der Waals surface area contributed by atoms with Crippen molar-refractivity contribution < 1.29 is 4.74 Å². The topological polar surface area (TPSA) is 41.2 Å². The number of aromatic amines is 1. The molecule has 1 aliphatic heterocycles. The maximum absolute atomic E-state index is 5.80. The number of H-pyrrole nitrogens is 1. The average Bonchev–Trinajstić information content (AvgIpc) is 2.95. The second-order valence-corrected chi connectivity index (χ2v) is 5.77. The Balaban J connectivity index is 1.49. The van der Waals surface area contributed by atoms with E-state index in [9.17, 15) is 0 Å². The van der Waals surface area contributed by atoms with Crippen LogP contribution in [0.4, 0.5) is 0 Å². The lowest BCUT2D eigenvalue weighted by atomic mass is 9.93. The molecule has 3 rings (SSSR count). The molecule has 1 saturated heterocycles. The zero-order chi connectivity index (χ0) is 14.5. The van der Waals surface area contributed by atoms with Crippen LogP contribution in [0.1, 0.15) is 30.0 Å². The van der Waals surface area contributed by atoms with Crippen molar-refractivity contribution in [1.82, 2.24) is 15.1 Å². The molecule has 21 heavy (non-hydrogen) atoms. The van der Waals surface area contributed by atoms with Gasteiger partial charge in [0, 0.05) is 24.7 Å². The predicted octanol–water partition coefficient (Wildman–Crippen LogP) is 2.98. The monoisotopic (exact) mass is 285 g/mol. The van der Waals surface area contributed by atoms with E-state index in [0.29, 0.717) is 5.92 Å². The maximum atomic E-state index is 5.80. The number of likely N-dealkylation sites (tertiary alicyclic amines) is 1. The summed E-state index contributed by atoms with van der Waals surface area (Å²) >= 11 is 0. The van der Waals surface area contributed by atoms with Gasteiger partial charge < -0.3 is 4.74 Å². The molecule has 1 fully saturated rings. The molecule has 1 aromatic carbocycles. The number of nitrogens with zero attached hydrogens (tertiary/aromatic N) is 2. The largest absolute Gasteiger partial charge is 0.492 e. The third-order valence-electron chi connectivity index (χ3n) is 4.20. The number of rotatable bonds is 5. The Morgan fingerprint density at radius 3 is 2.95 bits per heavy atom. The average molecular weight is 285 g/mol. The number of benzene rings is 1. The molecule has 0 unspecified atom stereocenters. The van der Waals surface area contributed by atoms with Crippen LogP contribution in [0.5, 0.6) is 5.75 Å². The molecule has 4 nitrogen and oxygen atoms in total. The Bertz CT molecular complexity index is 552. The highest BCUT2D eigenvalue weighted by molar-refractivity contribution is 5.21. The minimum absolute atomic E-state index is 0.581. The fourth-order valence-electron chi connectivity index (χ4n) is 3.07. The molecule has 0 aliphatic carbocycles. The summed E-state index contributed by atoms with van der Waals surface area (Å²) in [7, 11) is 0. The van der Waals surface area contributed by atoms with E-state index >= 15 is 0 Å². The second kappa shape index (κ2) is 6.76. The van der Waals surface area contributed by atoms with Gasteiger partial charge in [-0.05, 0) is 44.0 Å². The van der Waals surface area contributed by atoms with Crippen LogP contribution in [0, 0.1) is 6.92 Å². The first-order chi connectivity index (χ1) is 10.3. The third kappa shape index (κ3) is 3.64. The molecule has 0 spiro atoms. The van der Waals surface area contributed by atoms with Gasteiger partial charge in [0.25, 0.3) is 0 Å². The lowest BCUT2D eigenvalue weighted by Gasteiger charge is -2.32. The van der Waals surface area contributed by atoms with E-state index in [1.54, 1.807) is 0 Å². The summed E-state index contributed by atoms with van der Waals surface area (Å²) in [4.78, 5) is 2.50. The number of aryl methyl sites for hydroxylation is 1. The van der Waals surface area contributed by atoms with Crippen molar-refractivity contribution in [3.8, 4) is 5.75 Å². The molecule has 1 aromatic heterocycles. The minimum atomic E-state index is 0.581. The van der Waals surface area contributed by atoms with Crippen LogP contribution in [0.15, 0.2) is 36.5 Å². The van der Waals surface area contributed by atoms with E-state index in [4.69, 9.17) is 4.74 Å². The number of piperidine rings is 1. The van der Waals surface area contributed by atoms with Gasteiger partial charge in [-0.25, -0.2) is 0 Å². The van der Waals surface area contributed by atoms with E-state index < -0.39 is 0 Å². The van der Waals surface area contributed by atoms with Gasteiger partial charge in [0.1, 0.15) is 12.4 Å². The van der Waals surface area contributed by atoms with E-state index in [0.717, 1.165) is 25.4 Å². The zero-order valence-electron chi connectivity index (χ0n) is 12.6. The molecule has 2 aromatic rings. The zero-order valence-corrected chi connectivity index (χ0v) is 12.6. The smallest absolute Gasteiger partial charge is 0.119 e.